The zero-order valence-electron chi connectivity index (χ0n) is 18.4. The first kappa shape index (κ1) is 21.6. The van der Waals surface area contributed by atoms with Crippen LogP contribution in [0.5, 0.6) is 5.75 Å². The lowest BCUT2D eigenvalue weighted by atomic mass is 9.94. The van der Waals surface area contributed by atoms with Crippen LogP contribution in [-0.2, 0) is 21.4 Å². The summed E-state index contributed by atoms with van der Waals surface area (Å²) in [6.07, 6.45) is 2.49. The van der Waals surface area contributed by atoms with E-state index in [1.807, 2.05) is 42.1 Å². The molecule has 2 heterocycles. The SMILES string of the molecule is COCCCN1C(=O)C(=O)/C(=C(/O)c2ccccc2OC)C1c1cn(C)c2ccccc12. The highest BCUT2D eigenvalue weighted by Crippen LogP contribution is 2.43. The molecule has 0 spiro atoms. The first-order valence-corrected chi connectivity index (χ1v) is 10.4. The van der Waals surface area contributed by atoms with Gasteiger partial charge in [0.25, 0.3) is 11.7 Å². The molecule has 0 saturated carbocycles. The third kappa shape index (κ3) is 3.54. The number of nitrogens with zero attached hydrogens (tertiary/aromatic N) is 2. The van der Waals surface area contributed by atoms with Crippen LogP contribution < -0.4 is 4.74 Å². The Morgan fingerprint density at radius 3 is 2.53 bits per heavy atom. The number of amides is 1. The highest BCUT2D eigenvalue weighted by atomic mass is 16.5. The van der Waals surface area contributed by atoms with E-state index in [4.69, 9.17) is 9.47 Å². The summed E-state index contributed by atoms with van der Waals surface area (Å²) in [4.78, 5) is 27.8. The lowest BCUT2D eigenvalue weighted by Gasteiger charge is -2.25. The molecule has 32 heavy (non-hydrogen) atoms. The van der Waals surface area contributed by atoms with Gasteiger partial charge in [0, 0.05) is 50.0 Å². The number of methoxy groups -OCH3 is 2. The van der Waals surface area contributed by atoms with Gasteiger partial charge in [0.15, 0.2) is 0 Å². The molecule has 0 bridgehead atoms. The van der Waals surface area contributed by atoms with Crippen molar-refractivity contribution in [2.45, 2.75) is 12.5 Å². The van der Waals surface area contributed by atoms with E-state index in [-0.39, 0.29) is 11.3 Å². The molecule has 0 radical (unpaired) electrons. The fourth-order valence-electron chi connectivity index (χ4n) is 4.39. The number of rotatable bonds is 7. The van der Waals surface area contributed by atoms with Crippen LogP contribution in [-0.4, -0.2) is 53.6 Å². The predicted molar refractivity (Wildman–Crippen MR) is 121 cm³/mol. The third-order valence-electron chi connectivity index (χ3n) is 5.87. The van der Waals surface area contributed by atoms with E-state index in [1.54, 1.807) is 31.4 Å². The van der Waals surface area contributed by atoms with Gasteiger partial charge in [-0.1, -0.05) is 30.3 Å². The lowest BCUT2D eigenvalue weighted by molar-refractivity contribution is -0.140. The summed E-state index contributed by atoms with van der Waals surface area (Å²) >= 11 is 0. The maximum absolute atomic E-state index is 13.2. The molecule has 1 aliphatic heterocycles. The van der Waals surface area contributed by atoms with E-state index in [0.29, 0.717) is 30.9 Å². The van der Waals surface area contributed by atoms with Gasteiger partial charge in [-0.05, 0) is 24.6 Å². The number of aromatic nitrogens is 1. The topological polar surface area (TPSA) is 81.0 Å². The number of aliphatic hydroxyl groups is 1. The average molecular weight is 434 g/mol. The summed E-state index contributed by atoms with van der Waals surface area (Å²) in [5, 5.41) is 12.2. The molecular formula is C25H26N2O5. The molecule has 1 N–H and O–H groups in total. The molecule has 1 fully saturated rings. The van der Waals surface area contributed by atoms with Crippen LogP contribution in [0.2, 0.25) is 0 Å². The minimum Gasteiger partial charge on any atom is -0.507 e. The first-order valence-electron chi connectivity index (χ1n) is 10.4. The number of hydrogen-bond acceptors (Lipinski definition) is 5. The van der Waals surface area contributed by atoms with Crippen molar-refractivity contribution in [1.82, 2.24) is 9.47 Å². The predicted octanol–water partition coefficient (Wildman–Crippen LogP) is 3.65. The van der Waals surface area contributed by atoms with Gasteiger partial charge < -0.3 is 24.0 Å². The number of carbonyl (C=O) groups excluding carboxylic acids is 2. The van der Waals surface area contributed by atoms with Gasteiger partial charge in [-0.25, -0.2) is 0 Å². The summed E-state index contributed by atoms with van der Waals surface area (Å²) in [7, 11) is 5.01. The molecule has 1 saturated heterocycles. The molecular weight excluding hydrogens is 408 g/mol. The van der Waals surface area contributed by atoms with Crippen molar-refractivity contribution in [2.75, 3.05) is 27.4 Å². The molecule has 7 heteroatoms. The van der Waals surface area contributed by atoms with Gasteiger partial charge in [-0.15, -0.1) is 0 Å². The maximum Gasteiger partial charge on any atom is 0.295 e. The molecule has 1 amide bonds. The van der Waals surface area contributed by atoms with Crippen LogP contribution in [0.4, 0.5) is 0 Å². The number of ketones is 1. The number of aliphatic hydroxyl groups excluding tert-OH is 1. The lowest BCUT2D eigenvalue weighted by Crippen LogP contribution is -2.31. The van der Waals surface area contributed by atoms with E-state index in [1.165, 1.54) is 12.0 Å². The van der Waals surface area contributed by atoms with Gasteiger partial charge in [0.05, 0.1) is 24.3 Å². The summed E-state index contributed by atoms with van der Waals surface area (Å²) in [6.45, 7) is 0.784. The van der Waals surface area contributed by atoms with Crippen LogP contribution in [0.15, 0.2) is 60.3 Å². The monoisotopic (exact) mass is 434 g/mol. The van der Waals surface area contributed by atoms with E-state index < -0.39 is 17.7 Å². The Balaban J connectivity index is 1.94. The number of likely N-dealkylation sites (tertiary alicyclic amines) is 1. The average Bonchev–Trinajstić information content (AvgIpc) is 3.27. The highest BCUT2D eigenvalue weighted by molar-refractivity contribution is 6.46. The van der Waals surface area contributed by atoms with E-state index in [2.05, 4.69) is 0 Å². The smallest absolute Gasteiger partial charge is 0.295 e. The van der Waals surface area contributed by atoms with Gasteiger partial charge in [-0.3, -0.25) is 9.59 Å². The van der Waals surface area contributed by atoms with Crippen molar-refractivity contribution in [1.29, 1.82) is 0 Å². The second-order valence-corrected chi connectivity index (χ2v) is 7.75. The summed E-state index contributed by atoms with van der Waals surface area (Å²) < 4.78 is 12.5. The number of fused-ring (bicyclic) bond motifs is 1. The van der Waals surface area contributed by atoms with E-state index >= 15 is 0 Å². The Bertz CT molecular complexity index is 1210. The molecule has 1 aliphatic rings. The standard InChI is InChI=1S/C25H26N2O5/c1-26-15-18(16-9-4-6-11-19(16)26)22-21(23(28)17-10-5-7-12-20(17)32-3)24(29)25(30)27(22)13-8-14-31-2/h4-7,9-12,15,22,28H,8,13-14H2,1-3H3/b23-21+. The Morgan fingerprint density at radius 1 is 1.06 bits per heavy atom. The van der Waals surface area contributed by atoms with Crippen molar-refractivity contribution in [2.24, 2.45) is 7.05 Å². The highest BCUT2D eigenvalue weighted by Gasteiger charge is 2.47. The summed E-state index contributed by atoms with van der Waals surface area (Å²) in [5.41, 5.74) is 2.20. The van der Waals surface area contributed by atoms with E-state index in [9.17, 15) is 14.7 Å². The number of carbonyl (C=O) groups is 2. The molecule has 166 valence electrons. The van der Waals surface area contributed by atoms with Crippen molar-refractivity contribution in [3.8, 4) is 5.75 Å². The fourth-order valence-corrected chi connectivity index (χ4v) is 4.39. The van der Waals surface area contributed by atoms with Crippen molar-refractivity contribution in [3.63, 3.8) is 0 Å². The van der Waals surface area contributed by atoms with Crippen molar-refractivity contribution >= 4 is 28.4 Å². The van der Waals surface area contributed by atoms with Gasteiger partial charge >= 0.3 is 0 Å². The molecule has 1 aromatic heterocycles. The van der Waals surface area contributed by atoms with Crippen LogP contribution in [0.1, 0.15) is 23.6 Å². The largest absolute Gasteiger partial charge is 0.507 e. The minimum absolute atomic E-state index is 0.0632. The number of hydrogen-bond donors (Lipinski definition) is 1. The Hall–Kier alpha value is -3.58. The van der Waals surface area contributed by atoms with Crippen LogP contribution in [0.3, 0.4) is 0 Å². The fraction of sp³-hybridized carbons (Fsp3) is 0.280. The second kappa shape index (κ2) is 8.88. The molecule has 2 aromatic carbocycles. The van der Waals surface area contributed by atoms with Crippen molar-refractivity contribution in [3.05, 3.63) is 71.4 Å². The van der Waals surface area contributed by atoms with Crippen LogP contribution >= 0.6 is 0 Å². The number of benzene rings is 2. The minimum atomic E-state index is -0.720. The van der Waals surface area contributed by atoms with Gasteiger partial charge in [-0.2, -0.15) is 0 Å². The van der Waals surface area contributed by atoms with Crippen molar-refractivity contribution < 1.29 is 24.2 Å². The Kier molecular flexibility index (Phi) is 6.01. The summed E-state index contributed by atoms with van der Waals surface area (Å²) in [6, 6.07) is 14.0. The summed E-state index contributed by atoms with van der Waals surface area (Å²) in [5.74, 6) is -1.15. The molecule has 7 nitrogen and oxygen atoms in total. The Morgan fingerprint density at radius 2 is 1.78 bits per heavy atom. The molecule has 4 rings (SSSR count). The number of ether oxygens (including phenoxy) is 2. The van der Waals surface area contributed by atoms with Crippen LogP contribution in [0, 0.1) is 0 Å². The van der Waals surface area contributed by atoms with Gasteiger partial charge in [0.2, 0.25) is 0 Å². The van der Waals surface area contributed by atoms with Gasteiger partial charge in [0.1, 0.15) is 11.5 Å². The quantitative estimate of drug-likeness (QED) is 0.266. The number of para-hydroxylation sites is 2. The molecule has 3 aromatic rings. The maximum atomic E-state index is 13.2. The normalized spacial score (nSPS) is 18.0. The zero-order valence-corrected chi connectivity index (χ0v) is 18.4. The van der Waals surface area contributed by atoms with Crippen LogP contribution in [0.25, 0.3) is 16.7 Å². The number of Topliss-reactive ketones (excluding diaryl/α,β-unsaturated/α-hetero) is 1. The second-order valence-electron chi connectivity index (χ2n) is 7.75. The molecule has 1 atom stereocenters. The number of aryl methyl sites for hydroxylation is 1. The molecule has 1 unspecified atom stereocenters. The molecule has 0 aliphatic carbocycles. The zero-order chi connectivity index (χ0) is 22.8. The Labute approximate surface area is 186 Å². The third-order valence-corrected chi connectivity index (χ3v) is 5.87. The first-order chi connectivity index (χ1) is 15.5. The van der Waals surface area contributed by atoms with E-state index in [0.717, 1.165) is 16.5 Å².